The van der Waals surface area contributed by atoms with Crippen LogP contribution in [-0.4, -0.2) is 31.1 Å². The summed E-state index contributed by atoms with van der Waals surface area (Å²) in [5, 5.41) is 9.41. The zero-order valence-electron chi connectivity index (χ0n) is 8.46. The van der Waals surface area contributed by atoms with Gasteiger partial charge in [-0.3, -0.25) is 0 Å². The second-order valence-corrected chi connectivity index (χ2v) is 3.86. The number of nitrogen functional groups attached to an aromatic ring is 1. The summed E-state index contributed by atoms with van der Waals surface area (Å²) in [7, 11) is 0. The third-order valence-corrected chi connectivity index (χ3v) is 2.72. The van der Waals surface area contributed by atoms with Gasteiger partial charge in [0.2, 0.25) is 0 Å². The number of aliphatic hydroxyl groups is 1. The fourth-order valence-electron chi connectivity index (χ4n) is 1.91. The van der Waals surface area contributed by atoms with Gasteiger partial charge in [-0.15, -0.1) is 0 Å². The van der Waals surface area contributed by atoms with E-state index in [-0.39, 0.29) is 5.92 Å². The molecule has 0 spiro atoms. The van der Waals surface area contributed by atoms with Crippen molar-refractivity contribution in [2.75, 3.05) is 5.73 Å². The van der Waals surface area contributed by atoms with Crippen molar-refractivity contribution in [2.24, 2.45) is 0 Å². The maximum Gasteiger partial charge on any atom is 0.183 e. The van der Waals surface area contributed by atoms with Gasteiger partial charge in [0.05, 0.1) is 12.4 Å². The molecule has 1 aliphatic rings. The van der Waals surface area contributed by atoms with Gasteiger partial charge in [-0.2, -0.15) is 0 Å². The molecule has 0 bridgehead atoms. The zero-order valence-corrected chi connectivity index (χ0v) is 8.46. The molecule has 2 aromatic rings. The third kappa shape index (κ3) is 1.35. The number of allylic oxidation sites excluding steroid dienone is 1. The average Bonchev–Trinajstić information content (AvgIpc) is 2.85. The highest BCUT2D eigenvalue weighted by atomic mass is 16.3. The zero-order chi connectivity index (χ0) is 11.1. The number of aromatic nitrogens is 4. The number of nitrogens with one attached hydrogen (secondary N) is 1. The summed E-state index contributed by atoms with van der Waals surface area (Å²) in [6.45, 7) is 0. The van der Waals surface area contributed by atoms with Crippen LogP contribution in [0.4, 0.5) is 5.82 Å². The second kappa shape index (κ2) is 3.28. The molecule has 0 radical (unpaired) electrons. The van der Waals surface area contributed by atoms with Crippen molar-refractivity contribution in [2.45, 2.75) is 18.4 Å². The van der Waals surface area contributed by atoms with Gasteiger partial charge in [-0.05, 0) is 6.42 Å². The number of hydrogen-bond donors (Lipinski definition) is 3. The number of anilines is 1. The molecule has 0 amide bonds. The van der Waals surface area contributed by atoms with Crippen molar-refractivity contribution in [3.05, 3.63) is 24.3 Å². The van der Waals surface area contributed by atoms with Crippen LogP contribution in [0.25, 0.3) is 11.2 Å². The van der Waals surface area contributed by atoms with E-state index in [2.05, 4.69) is 19.9 Å². The van der Waals surface area contributed by atoms with Crippen molar-refractivity contribution >= 4 is 17.0 Å². The predicted molar refractivity (Wildman–Crippen MR) is 58.6 cm³/mol. The first-order valence-corrected chi connectivity index (χ1v) is 5.07. The number of imidazole rings is 1. The van der Waals surface area contributed by atoms with Crippen LogP contribution < -0.4 is 5.73 Å². The topological polar surface area (TPSA) is 101 Å². The maximum atomic E-state index is 9.41. The third-order valence-electron chi connectivity index (χ3n) is 2.72. The van der Waals surface area contributed by atoms with Gasteiger partial charge < -0.3 is 15.8 Å². The molecule has 1 aliphatic carbocycles. The second-order valence-electron chi connectivity index (χ2n) is 3.86. The van der Waals surface area contributed by atoms with Crippen LogP contribution in [0.2, 0.25) is 0 Å². The lowest BCUT2D eigenvalue weighted by atomic mass is 10.1. The molecule has 0 aromatic carbocycles. The summed E-state index contributed by atoms with van der Waals surface area (Å²) in [5.74, 6) is 1.04. The summed E-state index contributed by atoms with van der Waals surface area (Å²) in [6.07, 6.45) is 5.38. The molecule has 4 N–H and O–H groups in total. The van der Waals surface area contributed by atoms with Gasteiger partial charge >= 0.3 is 0 Å². The summed E-state index contributed by atoms with van der Waals surface area (Å²) in [6, 6.07) is 0. The molecular weight excluding hydrogens is 206 g/mol. The average molecular weight is 217 g/mol. The number of aliphatic hydroxyl groups excluding tert-OH is 1. The summed E-state index contributed by atoms with van der Waals surface area (Å²) >= 11 is 0. The molecule has 0 aliphatic heterocycles. The van der Waals surface area contributed by atoms with E-state index in [0.717, 1.165) is 0 Å². The van der Waals surface area contributed by atoms with Gasteiger partial charge in [0.1, 0.15) is 11.3 Å². The Kier molecular flexibility index (Phi) is 1.90. The number of aromatic amines is 1. The summed E-state index contributed by atoms with van der Waals surface area (Å²) in [4.78, 5) is 15.5. The molecule has 2 heterocycles. The molecule has 2 atom stereocenters. The molecule has 0 saturated carbocycles. The number of nitrogens with zero attached hydrogens (tertiary/aromatic N) is 3. The Morgan fingerprint density at radius 1 is 1.38 bits per heavy atom. The van der Waals surface area contributed by atoms with Crippen LogP contribution in [0.1, 0.15) is 18.2 Å². The smallest absolute Gasteiger partial charge is 0.183 e. The molecule has 0 unspecified atom stereocenters. The van der Waals surface area contributed by atoms with Crippen molar-refractivity contribution in [1.82, 2.24) is 19.9 Å². The van der Waals surface area contributed by atoms with E-state index in [1.807, 2.05) is 6.08 Å². The van der Waals surface area contributed by atoms with Gasteiger partial charge in [-0.1, -0.05) is 12.2 Å². The molecule has 2 aromatic heterocycles. The van der Waals surface area contributed by atoms with Crippen LogP contribution >= 0.6 is 0 Å². The van der Waals surface area contributed by atoms with E-state index in [1.54, 1.807) is 12.4 Å². The van der Waals surface area contributed by atoms with E-state index in [9.17, 15) is 5.11 Å². The molecular formula is C10H11N5O. The number of rotatable bonds is 1. The lowest BCUT2D eigenvalue weighted by Gasteiger charge is -2.07. The Bertz CT molecular complexity index is 561. The fourth-order valence-corrected chi connectivity index (χ4v) is 1.91. The standard InChI is InChI=1S/C10H11N5O/c11-8-7-10(13-4-12-7)15-9(14-8)5-1-2-6(16)3-5/h1-2,4-6,16H,3H2,(H3,11,12,13,14,15)/t5-,6+/m0/s1. The van der Waals surface area contributed by atoms with Crippen LogP contribution in [-0.2, 0) is 0 Å². The number of nitrogens with two attached hydrogens (primary N) is 1. The fraction of sp³-hybridized carbons (Fsp3) is 0.300. The number of fused-ring (bicyclic) bond motifs is 1. The van der Waals surface area contributed by atoms with E-state index >= 15 is 0 Å². The van der Waals surface area contributed by atoms with Gasteiger partial charge in [0, 0.05) is 5.92 Å². The van der Waals surface area contributed by atoms with Crippen molar-refractivity contribution in [3.63, 3.8) is 0 Å². The Labute approximate surface area is 91.2 Å². The molecule has 0 fully saturated rings. The van der Waals surface area contributed by atoms with Crippen LogP contribution in [0.15, 0.2) is 18.5 Å². The minimum Gasteiger partial charge on any atom is -0.389 e. The highest BCUT2D eigenvalue weighted by Crippen LogP contribution is 2.27. The van der Waals surface area contributed by atoms with Gasteiger partial charge in [-0.25, -0.2) is 15.0 Å². The maximum absolute atomic E-state index is 9.41. The van der Waals surface area contributed by atoms with Crippen LogP contribution in [0.5, 0.6) is 0 Å². The monoisotopic (exact) mass is 217 g/mol. The SMILES string of the molecule is Nc1nc([C@H]2C=C[C@@H](O)C2)nc2nc[nH]c12. The van der Waals surface area contributed by atoms with E-state index in [1.165, 1.54) is 0 Å². The Hall–Kier alpha value is -1.95. The largest absolute Gasteiger partial charge is 0.389 e. The van der Waals surface area contributed by atoms with Crippen molar-refractivity contribution in [3.8, 4) is 0 Å². The lowest BCUT2D eigenvalue weighted by molar-refractivity contribution is 0.217. The Balaban J connectivity index is 2.07. The highest BCUT2D eigenvalue weighted by molar-refractivity contribution is 5.80. The highest BCUT2D eigenvalue weighted by Gasteiger charge is 2.22. The summed E-state index contributed by atoms with van der Waals surface area (Å²) < 4.78 is 0. The Morgan fingerprint density at radius 3 is 3.00 bits per heavy atom. The van der Waals surface area contributed by atoms with Crippen LogP contribution in [0.3, 0.4) is 0 Å². The predicted octanol–water partition coefficient (Wildman–Crippen LogP) is 0.340. The molecule has 16 heavy (non-hydrogen) atoms. The van der Waals surface area contributed by atoms with E-state index < -0.39 is 6.10 Å². The van der Waals surface area contributed by atoms with Gasteiger partial charge in [0.25, 0.3) is 0 Å². The van der Waals surface area contributed by atoms with E-state index in [0.29, 0.717) is 29.2 Å². The number of hydrogen-bond acceptors (Lipinski definition) is 5. The molecule has 82 valence electrons. The number of H-pyrrole nitrogens is 1. The molecule has 6 nitrogen and oxygen atoms in total. The lowest BCUT2D eigenvalue weighted by Crippen LogP contribution is -2.07. The van der Waals surface area contributed by atoms with Crippen molar-refractivity contribution < 1.29 is 5.11 Å². The van der Waals surface area contributed by atoms with Crippen molar-refractivity contribution in [1.29, 1.82) is 0 Å². The Morgan fingerprint density at radius 2 is 2.25 bits per heavy atom. The molecule has 3 rings (SSSR count). The first kappa shape index (κ1) is 9.29. The van der Waals surface area contributed by atoms with Crippen LogP contribution in [0, 0.1) is 0 Å². The molecule has 0 saturated heterocycles. The van der Waals surface area contributed by atoms with E-state index in [4.69, 9.17) is 5.73 Å². The first-order chi connectivity index (χ1) is 7.74. The van der Waals surface area contributed by atoms with Gasteiger partial charge in [0.15, 0.2) is 11.5 Å². The normalized spacial score (nSPS) is 24.3. The first-order valence-electron chi connectivity index (χ1n) is 5.07. The minimum atomic E-state index is -0.412. The summed E-state index contributed by atoms with van der Waals surface area (Å²) in [5.41, 5.74) is 7.02. The minimum absolute atomic E-state index is 0.0263. The molecule has 6 heteroatoms. The quantitative estimate of drug-likeness (QED) is 0.598.